The Hall–Kier alpha value is -1.77. The maximum atomic E-state index is 10.6. The normalized spacial score (nSPS) is 22.9. The first-order chi connectivity index (χ1) is 13.1. The first-order valence-corrected chi connectivity index (χ1v) is 9.70. The van der Waals surface area contributed by atoms with E-state index < -0.39 is 12.5 Å². The van der Waals surface area contributed by atoms with Crippen molar-refractivity contribution in [3.05, 3.63) is 53.3 Å². The van der Waals surface area contributed by atoms with Gasteiger partial charge in [0.2, 0.25) is 0 Å². The summed E-state index contributed by atoms with van der Waals surface area (Å²) in [5.41, 5.74) is 3.85. The summed E-state index contributed by atoms with van der Waals surface area (Å²) in [5.74, 6) is 0. The molecule has 7 nitrogen and oxygen atoms in total. The van der Waals surface area contributed by atoms with E-state index in [2.05, 4.69) is 34.3 Å². The number of fused-ring (bicyclic) bond motifs is 1. The third kappa shape index (κ3) is 4.23. The zero-order valence-electron chi connectivity index (χ0n) is 15.9. The van der Waals surface area contributed by atoms with Crippen LogP contribution in [0, 0.1) is 0 Å². The highest BCUT2D eigenvalue weighted by molar-refractivity contribution is 5.29. The Labute approximate surface area is 160 Å². The molecule has 2 aromatic rings. The minimum Gasteiger partial charge on any atom is -0.390 e. The van der Waals surface area contributed by atoms with Gasteiger partial charge in [-0.25, -0.2) is 0 Å². The van der Waals surface area contributed by atoms with Crippen LogP contribution in [0.1, 0.15) is 16.8 Å². The average molecular weight is 371 g/mol. The molecule has 146 valence electrons. The van der Waals surface area contributed by atoms with Crippen molar-refractivity contribution in [2.75, 3.05) is 32.7 Å². The molecule has 1 aromatic heterocycles. The van der Waals surface area contributed by atoms with Crippen LogP contribution in [-0.4, -0.2) is 79.9 Å². The summed E-state index contributed by atoms with van der Waals surface area (Å²) in [6, 6.07) is 10.5. The fraction of sp³-hybridized carbons (Fsp3) is 0.550. The van der Waals surface area contributed by atoms with Crippen molar-refractivity contribution in [3.63, 3.8) is 0 Å². The highest BCUT2D eigenvalue weighted by Gasteiger charge is 2.32. The van der Waals surface area contributed by atoms with E-state index in [9.17, 15) is 10.2 Å². The van der Waals surface area contributed by atoms with Gasteiger partial charge < -0.3 is 10.2 Å². The van der Waals surface area contributed by atoms with E-state index in [-0.39, 0.29) is 0 Å². The molecule has 0 bridgehead atoms. The molecule has 0 spiro atoms. The van der Waals surface area contributed by atoms with E-state index in [1.807, 2.05) is 27.6 Å². The van der Waals surface area contributed by atoms with Crippen molar-refractivity contribution in [2.24, 2.45) is 7.05 Å². The van der Waals surface area contributed by atoms with Crippen LogP contribution in [0.15, 0.2) is 36.5 Å². The lowest BCUT2D eigenvalue weighted by Crippen LogP contribution is -2.45. The van der Waals surface area contributed by atoms with Gasteiger partial charge in [0.25, 0.3) is 0 Å². The summed E-state index contributed by atoms with van der Waals surface area (Å²) >= 11 is 0. The molecular weight excluding hydrogens is 342 g/mol. The van der Waals surface area contributed by atoms with Crippen LogP contribution in [-0.2, 0) is 26.6 Å². The van der Waals surface area contributed by atoms with Gasteiger partial charge in [-0.3, -0.25) is 19.4 Å². The Morgan fingerprint density at radius 3 is 2.63 bits per heavy atom. The van der Waals surface area contributed by atoms with Gasteiger partial charge in [0.1, 0.15) is 0 Å². The minimum absolute atomic E-state index is 0.471. The Bertz CT molecular complexity index is 764. The zero-order valence-corrected chi connectivity index (χ0v) is 15.9. The second-order valence-electron chi connectivity index (χ2n) is 7.67. The Morgan fingerprint density at radius 1 is 1.07 bits per heavy atom. The van der Waals surface area contributed by atoms with E-state index in [4.69, 9.17) is 0 Å². The summed E-state index contributed by atoms with van der Waals surface area (Å²) in [6.45, 7) is 5.20. The topological polar surface area (TPSA) is 68.0 Å². The predicted octanol–water partition coefficient (Wildman–Crippen LogP) is 0.233. The van der Waals surface area contributed by atoms with Crippen LogP contribution in [0.25, 0.3) is 0 Å². The number of aliphatic hydroxyl groups excluding tert-OH is 2. The van der Waals surface area contributed by atoms with Gasteiger partial charge in [0.15, 0.2) is 6.35 Å². The molecule has 2 atom stereocenters. The maximum Gasteiger partial charge on any atom is 0.166 e. The second-order valence-corrected chi connectivity index (χ2v) is 7.67. The molecule has 7 heteroatoms. The molecule has 2 aliphatic heterocycles. The zero-order chi connectivity index (χ0) is 18.8. The van der Waals surface area contributed by atoms with Gasteiger partial charge in [-0.2, -0.15) is 5.10 Å². The first kappa shape index (κ1) is 18.6. The van der Waals surface area contributed by atoms with Gasteiger partial charge in [-0.1, -0.05) is 24.3 Å². The molecule has 1 saturated heterocycles. The van der Waals surface area contributed by atoms with Crippen molar-refractivity contribution in [1.82, 2.24) is 24.5 Å². The highest BCUT2D eigenvalue weighted by Crippen LogP contribution is 2.20. The van der Waals surface area contributed by atoms with Crippen LogP contribution in [0.3, 0.4) is 0 Å². The molecule has 0 amide bonds. The quantitative estimate of drug-likeness (QED) is 0.758. The third-order valence-corrected chi connectivity index (χ3v) is 5.74. The monoisotopic (exact) mass is 371 g/mol. The molecule has 1 fully saturated rings. The van der Waals surface area contributed by atoms with Crippen LogP contribution < -0.4 is 0 Å². The van der Waals surface area contributed by atoms with E-state index in [1.54, 1.807) is 6.20 Å². The Morgan fingerprint density at radius 2 is 1.85 bits per heavy atom. The number of aryl methyl sites for hydroxylation is 1. The van der Waals surface area contributed by atoms with Crippen molar-refractivity contribution in [1.29, 1.82) is 0 Å². The number of aliphatic hydroxyl groups is 2. The standard InChI is InChI=1S/C20H29N5O2/c1-22-18(6-8-21-22)13-24-10-11-25(20(24)27)15-19(26)14-23-9-7-16-4-2-3-5-17(16)12-23/h2-6,8,19-20,26-27H,7,9-15H2,1H3. The number of hydrogen-bond donors (Lipinski definition) is 2. The molecule has 4 rings (SSSR count). The largest absolute Gasteiger partial charge is 0.390 e. The second kappa shape index (κ2) is 8.08. The number of nitrogens with zero attached hydrogens (tertiary/aromatic N) is 5. The number of β-amino-alcohol motifs (C(OH)–C–C–N with tert-alkyl or cyclic N) is 1. The van der Waals surface area contributed by atoms with E-state index in [1.165, 1.54) is 11.1 Å². The minimum atomic E-state index is -0.656. The van der Waals surface area contributed by atoms with Crippen molar-refractivity contribution < 1.29 is 10.2 Å². The molecular formula is C20H29N5O2. The van der Waals surface area contributed by atoms with Gasteiger partial charge >= 0.3 is 0 Å². The lowest BCUT2D eigenvalue weighted by Gasteiger charge is -2.32. The average Bonchev–Trinajstić information content (AvgIpc) is 3.22. The van der Waals surface area contributed by atoms with Crippen molar-refractivity contribution in [3.8, 4) is 0 Å². The SMILES string of the molecule is Cn1nccc1CN1CCN(CC(O)CN2CCc3ccccc3C2)C1O. The van der Waals surface area contributed by atoms with Crippen LogP contribution in [0.2, 0.25) is 0 Å². The fourth-order valence-corrected chi connectivity index (χ4v) is 4.17. The van der Waals surface area contributed by atoms with Crippen LogP contribution in [0.4, 0.5) is 0 Å². The van der Waals surface area contributed by atoms with E-state index >= 15 is 0 Å². The molecule has 27 heavy (non-hydrogen) atoms. The van der Waals surface area contributed by atoms with Gasteiger partial charge in [-0.05, 0) is 23.6 Å². The number of hydrogen-bond acceptors (Lipinski definition) is 6. The molecule has 0 radical (unpaired) electrons. The third-order valence-electron chi connectivity index (χ3n) is 5.74. The summed E-state index contributed by atoms with van der Waals surface area (Å²) in [4.78, 5) is 6.28. The molecule has 0 saturated carbocycles. The molecule has 1 aromatic carbocycles. The maximum absolute atomic E-state index is 10.6. The Balaban J connectivity index is 1.27. The number of rotatable bonds is 6. The summed E-state index contributed by atoms with van der Waals surface area (Å²) < 4.78 is 1.83. The van der Waals surface area contributed by atoms with Crippen LogP contribution >= 0.6 is 0 Å². The van der Waals surface area contributed by atoms with Gasteiger partial charge in [-0.15, -0.1) is 0 Å². The van der Waals surface area contributed by atoms with Crippen molar-refractivity contribution in [2.45, 2.75) is 32.0 Å². The van der Waals surface area contributed by atoms with E-state index in [0.29, 0.717) is 19.6 Å². The molecule has 3 heterocycles. The van der Waals surface area contributed by atoms with Gasteiger partial charge in [0, 0.05) is 59.1 Å². The lowest BCUT2D eigenvalue weighted by molar-refractivity contribution is -0.0767. The molecule has 0 aliphatic carbocycles. The van der Waals surface area contributed by atoms with Crippen LogP contribution in [0.5, 0.6) is 0 Å². The molecule has 2 aliphatic rings. The van der Waals surface area contributed by atoms with E-state index in [0.717, 1.165) is 38.3 Å². The first-order valence-electron chi connectivity index (χ1n) is 9.70. The molecule has 2 unspecified atom stereocenters. The summed E-state index contributed by atoms with van der Waals surface area (Å²) in [5, 5.41) is 25.4. The highest BCUT2D eigenvalue weighted by atomic mass is 16.3. The van der Waals surface area contributed by atoms with Crippen molar-refractivity contribution >= 4 is 0 Å². The number of benzene rings is 1. The van der Waals surface area contributed by atoms with Gasteiger partial charge in [0.05, 0.1) is 11.8 Å². The fourth-order valence-electron chi connectivity index (χ4n) is 4.17. The smallest absolute Gasteiger partial charge is 0.166 e. The summed E-state index contributed by atoms with van der Waals surface area (Å²) in [6.07, 6.45) is 1.68. The molecule has 2 N–H and O–H groups in total. The number of aromatic nitrogens is 2. The summed E-state index contributed by atoms with van der Waals surface area (Å²) in [7, 11) is 1.91. The lowest BCUT2D eigenvalue weighted by atomic mass is 10.00. The predicted molar refractivity (Wildman–Crippen MR) is 103 cm³/mol. The Kier molecular flexibility index (Phi) is 5.56.